The van der Waals surface area contributed by atoms with Crippen molar-refractivity contribution >= 4 is 43.6 Å². The van der Waals surface area contributed by atoms with Crippen LogP contribution in [-0.4, -0.2) is 9.13 Å². The van der Waals surface area contributed by atoms with Gasteiger partial charge in [-0.3, -0.25) is 0 Å². The molecule has 0 fully saturated rings. The van der Waals surface area contributed by atoms with Crippen molar-refractivity contribution in [2.75, 3.05) is 0 Å². The zero-order valence-electron chi connectivity index (χ0n) is 29.2. The lowest BCUT2D eigenvalue weighted by Crippen LogP contribution is -2.00. The molecule has 0 atom stereocenters. The van der Waals surface area contributed by atoms with E-state index < -0.39 is 0 Å². The van der Waals surface area contributed by atoms with Crippen molar-refractivity contribution in [1.82, 2.24) is 9.13 Å². The number of hydrogen-bond acceptors (Lipinski definition) is 0. The second kappa shape index (κ2) is 12.0. The monoisotopic (exact) mass is 664 g/mol. The van der Waals surface area contributed by atoms with Crippen LogP contribution in [0.4, 0.5) is 0 Å². The van der Waals surface area contributed by atoms with Crippen molar-refractivity contribution < 1.29 is 0 Å². The molecule has 2 aromatic heterocycles. The number of aryl methyl sites for hydroxylation is 2. The van der Waals surface area contributed by atoms with Crippen molar-refractivity contribution in [2.24, 2.45) is 0 Å². The highest BCUT2D eigenvalue weighted by Gasteiger charge is 2.21. The van der Waals surface area contributed by atoms with Crippen LogP contribution in [0.25, 0.3) is 88.4 Å². The quantitative estimate of drug-likeness (QED) is 0.173. The molecule has 0 aliphatic rings. The molecule has 2 heteroatoms. The molecular formula is C50H36N2. The fraction of sp³-hybridized carbons (Fsp3) is 0.0400. The summed E-state index contributed by atoms with van der Waals surface area (Å²) in [6.07, 6.45) is 0. The van der Waals surface area contributed by atoms with Crippen molar-refractivity contribution in [3.8, 4) is 44.8 Å². The average Bonchev–Trinajstić information content (AvgIpc) is 3.71. The minimum absolute atomic E-state index is 1.18. The highest BCUT2D eigenvalue weighted by molar-refractivity contribution is 6.11. The predicted molar refractivity (Wildman–Crippen MR) is 221 cm³/mol. The largest absolute Gasteiger partial charge is 0.309 e. The molecule has 0 N–H and O–H groups in total. The van der Waals surface area contributed by atoms with Gasteiger partial charge in [-0.25, -0.2) is 0 Å². The van der Waals surface area contributed by atoms with Gasteiger partial charge in [0.05, 0.1) is 33.4 Å². The molecule has 2 heterocycles. The van der Waals surface area contributed by atoms with E-state index in [2.05, 4.69) is 205 Å². The maximum atomic E-state index is 2.45. The smallest absolute Gasteiger partial charge is 0.0541 e. The fourth-order valence-corrected chi connectivity index (χ4v) is 8.39. The number of aromatic nitrogens is 2. The Morgan fingerprint density at radius 3 is 0.865 bits per heavy atom. The summed E-state index contributed by atoms with van der Waals surface area (Å²) in [6, 6.07) is 66.7. The SMILES string of the molecule is Cc1ccc(-n2c3ccccc3c3ccccc32)c(-c2ccccc2-c2ccccc2-c2cc(C)ccc2-n2c3ccccc3c3ccccc32)c1. The summed E-state index contributed by atoms with van der Waals surface area (Å²) in [5.41, 5.74) is 16.9. The topological polar surface area (TPSA) is 9.86 Å². The molecule has 0 unspecified atom stereocenters. The normalized spacial score (nSPS) is 11.7. The van der Waals surface area contributed by atoms with E-state index in [0.717, 1.165) is 0 Å². The second-order valence-electron chi connectivity index (χ2n) is 13.9. The molecule has 52 heavy (non-hydrogen) atoms. The lowest BCUT2D eigenvalue weighted by molar-refractivity contribution is 1.17. The van der Waals surface area contributed by atoms with Gasteiger partial charge >= 0.3 is 0 Å². The Morgan fingerprint density at radius 2 is 0.538 bits per heavy atom. The standard InChI is InChI=1S/C50H36N2/c1-33-27-29-49(51-45-23-11-7-19-39(45)40-20-8-12-24-46(40)51)43(31-33)37-17-5-3-15-35(37)36-16-4-6-18-38(36)44-32-34(2)28-30-50(44)52-47-25-13-9-21-41(47)42-22-10-14-26-48(42)52/h3-32H,1-2H3. The van der Waals surface area contributed by atoms with E-state index >= 15 is 0 Å². The first-order chi connectivity index (χ1) is 25.7. The van der Waals surface area contributed by atoms with Crippen LogP contribution < -0.4 is 0 Å². The molecule has 0 aliphatic carbocycles. The summed E-state index contributed by atoms with van der Waals surface area (Å²) in [4.78, 5) is 0. The van der Waals surface area contributed by atoms with E-state index in [1.54, 1.807) is 0 Å². The minimum atomic E-state index is 1.18. The summed E-state index contributed by atoms with van der Waals surface area (Å²) in [5, 5.41) is 5.06. The molecule has 0 spiro atoms. The Kier molecular flexibility index (Phi) is 6.97. The van der Waals surface area contributed by atoms with E-state index in [1.165, 1.54) is 99.5 Å². The Balaban J connectivity index is 1.23. The van der Waals surface area contributed by atoms with Crippen LogP contribution in [0, 0.1) is 13.8 Å². The maximum absolute atomic E-state index is 2.45. The molecule has 0 saturated carbocycles. The first-order valence-corrected chi connectivity index (χ1v) is 18.0. The van der Waals surface area contributed by atoms with Crippen LogP contribution in [0.2, 0.25) is 0 Å². The summed E-state index contributed by atoms with van der Waals surface area (Å²) in [6.45, 7) is 4.39. The third kappa shape index (κ3) is 4.65. The lowest BCUT2D eigenvalue weighted by Gasteiger charge is -2.21. The first kappa shape index (κ1) is 30.2. The molecule has 246 valence electrons. The number of hydrogen-bond donors (Lipinski definition) is 0. The highest BCUT2D eigenvalue weighted by atomic mass is 15.0. The van der Waals surface area contributed by atoms with Gasteiger partial charge in [0.25, 0.3) is 0 Å². The van der Waals surface area contributed by atoms with E-state index in [9.17, 15) is 0 Å². The molecule has 0 bridgehead atoms. The molecule has 0 aliphatic heterocycles. The van der Waals surface area contributed by atoms with Crippen LogP contribution in [0.1, 0.15) is 11.1 Å². The van der Waals surface area contributed by atoms with Gasteiger partial charge in [-0.15, -0.1) is 0 Å². The number of benzene rings is 8. The van der Waals surface area contributed by atoms with Gasteiger partial charge in [0, 0.05) is 32.7 Å². The highest BCUT2D eigenvalue weighted by Crippen LogP contribution is 2.44. The van der Waals surface area contributed by atoms with Gasteiger partial charge in [-0.1, -0.05) is 145 Å². The summed E-state index contributed by atoms with van der Waals surface area (Å²) in [5.74, 6) is 0. The molecule has 2 nitrogen and oxygen atoms in total. The summed E-state index contributed by atoms with van der Waals surface area (Å²) < 4.78 is 4.89. The Labute approximate surface area is 303 Å². The van der Waals surface area contributed by atoms with Crippen LogP contribution in [-0.2, 0) is 0 Å². The zero-order valence-corrected chi connectivity index (χ0v) is 29.2. The molecule has 10 rings (SSSR count). The van der Waals surface area contributed by atoms with Crippen LogP contribution >= 0.6 is 0 Å². The van der Waals surface area contributed by atoms with Crippen molar-refractivity contribution in [3.63, 3.8) is 0 Å². The number of rotatable bonds is 5. The second-order valence-corrected chi connectivity index (χ2v) is 13.9. The lowest BCUT2D eigenvalue weighted by atomic mass is 9.87. The number of nitrogens with zero attached hydrogens (tertiary/aromatic N) is 2. The van der Waals surface area contributed by atoms with Crippen LogP contribution in [0.5, 0.6) is 0 Å². The molecule has 8 aromatic carbocycles. The van der Waals surface area contributed by atoms with Crippen molar-refractivity contribution in [1.29, 1.82) is 0 Å². The molecule has 0 radical (unpaired) electrons. The van der Waals surface area contributed by atoms with E-state index in [0.29, 0.717) is 0 Å². The van der Waals surface area contributed by atoms with Crippen LogP contribution in [0.15, 0.2) is 182 Å². The van der Waals surface area contributed by atoms with E-state index in [-0.39, 0.29) is 0 Å². The Morgan fingerprint density at radius 1 is 0.269 bits per heavy atom. The van der Waals surface area contributed by atoms with Crippen LogP contribution in [0.3, 0.4) is 0 Å². The Hall–Kier alpha value is -6.64. The van der Waals surface area contributed by atoms with Gasteiger partial charge in [0.1, 0.15) is 0 Å². The summed E-state index contributed by atoms with van der Waals surface area (Å²) >= 11 is 0. The molecular weight excluding hydrogens is 629 g/mol. The first-order valence-electron chi connectivity index (χ1n) is 18.0. The third-order valence-corrected chi connectivity index (χ3v) is 10.7. The van der Waals surface area contributed by atoms with Crippen molar-refractivity contribution in [3.05, 3.63) is 193 Å². The zero-order chi connectivity index (χ0) is 34.8. The predicted octanol–water partition coefficient (Wildman–Crippen LogP) is 13.5. The maximum Gasteiger partial charge on any atom is 0.0541 e. The summed E-state index contributed by atoms with van der Waals surface area (Å²) in [7, 11) is 0. The molecule has 0 amide bonds. The molecule has 10 aromatic rings. The minimum Gasteiger partial charge on any atom is -0.309 e. The van der Waals surface area contributed by atoms with E-state index in [1.807, 2.05) is 0 Å². The number of para-hydroxylation sites is 4. The Bertz CT molecular complexity index is 2680. The van der Waals surface area contributed by atoms with Gasteiger partial charge in [-0.2, -0.15) is 0 Å². The third-order valence-electron chi connectivity index (χ3n) is 10.7. The van der Waals surface area contributed by atoms with E-state index in [4.69, 9.17) is 0 Å². The van der Waals surface area contributed by atoms with Gasteiger partial charge in [0.2, 0.25) is 0 Å². The van der Waals surface area contributed by atoms with Gasteiger partial charge < -0.3 is 9.13 Å². The van der Waals surface area contributed by atoms with Gasteiger partial charge in [0.15, 0.2) is 0 Å². The van der Waals surface area contributed by atoms with Crippen molar-refractivity contribution in [2.45, 2.75) is 13.8 Å². The van der Waals surface area contributed by atoms with Gasteiger partial charge in [-0.05, 0) is 84.6 Å². The molecule has 0 saturated heterocycles. The fourth-order valence-electron chi connectivity index (χ4n) is 8.39. The number of fused-ring (bicyclic) bond motifs is 6. The average molecular weight is 665 g/mol.